The van der Waals surface area contributed by atoms with E-state index in [-0.39, 0.29) is 0 Å². The molecule has 0 saturated carbocycles. The third-order valence-electron chi connectivity index (χ3n) is 2.58. The van der Waals surface area contributed by atoms with Crippen molar-refractivity contribution in [2.24, 2.45) is 0 Å². The Bertz CT molecular complexity index is 455. The summed E-state index contributed by atoms with van der Waals surface area (Å²) in [6.45, 7) is 8.50. The van der Waals surface area contributed by atoms with E-state index >= 15 is 0 Å². The van der Waals surface area contributed by atoms with Crippen molar-refractivity contribution in [1.82, 2.24) is 15.0 Å². The summed E-state index contributed by atoms with van der Waals surface area (Å²) in [7, 11) is -3.36. The normalized spacial score (nSPS) is 14.7. The Morgan fingerprint density at radius 1 is 1.50 bits per heavy atom. The van der Waals surface area contributed by atoms with Gasteiger partial charge in [0, 0.05) is 18.1 Å². The van der Waals surface area contributed by atoms with Crippen molar-refractivity contribution in [2.45, 2.75) is 38.5 Å². The number of nitrogens with zero attached hydrogens (tertiary/aromatic N) is 1. The zero-order chi connectivity index (χ0) is 13.8. The summed E-state index contributed by atoms with van der Waals surface area (Å²) in [5, 5.41) is 5.17. The van der Waals surface area contributed by atoms with Gasteiger partial charge < -0.3 is 5.32 Å². The summed E-state index contributed by atoms with van der Waals surface area (Å²) in [6, 6.07) is 0. The van der Waals surface area contributed by atoms with Gasteiger partial charge in [-0.05, 0) is 27.3 Å². The fourth-order valence-electron chi connectivity index (χ4n) is 1.49. The van der Waals surface area contributed by atoms with E-state index in [0.717, 1.165) is 11.6 Å². The van der Waals surface area contributed by atoms with Crippen LogP contribution in [0.4, 0.5) is 0 Å². The molecule has 0 aliphatic rings. The van der Waals surface area contributed by atoms with Crippen LogP contribution in [-0.2, 0) is 15.6 Å². The molecule has 1 heterocycles. The molecule has 1 aromatic heterocycles. The second-order valence-corrected chi connectivity index (χ2v) is 7.72. The number of hydrogen-bond acceptors (Lipinski definition) is 5. The minimum atomic E-state index is -3.36. The number of nitrogens with one attached hydrogen (secondary N) is 2. The SMILES string of the molecule is CCNCC(C)S(=O)(=O)NC(C)(C)c1nccs1. The van der Waals surface area contributed by atoms with E-state index in [1.807, 2.05) is 26.2 Å². The Kier molecular flexibility index (Phi) is 5.27. The summed E-state index contributed by atoms with van der Waals surface area (Å²) in [4.78, 5) is 4.17. The van der Waals surface area contributed by atoms with Crippen LogP contribution in [0.15, 0.2) is 11.6 Å². The molecule has 0 aliphatic heterocycles. The monoisotopic (exact) mass is 291 g/mol. The van der Waals surface area contributed by atoms with E-state index in [1.54, 1.807) is 13.1 Å². The Morgan fingerprint density at radius 3 is 2.67 bits per heavy atom. The number of thiazole rings is 1. The lowest BCUT2D eigenvalue weighted by Gasteiger charge is -2.26. The summed E-state index contributed by atoms with van der Waals surface area (Å²) in [5.41, 5.74) is -0.673. The Labute approximate surface area is 113 Å². The highest BCUT2D eigenvalue weighted by molar-refractivity contribution is 7.90. The van der Waals surface area contributed by atoms with E-state index in [2.05, 4.69) is 15.0 Å². The molecule has 0 fully saturated rings. The second kappa shape index (κ2) is 6.10. The van der Waals surface area contributed by atoms with Crippen LogP contribution >= 0.6 is 11.3 Å². The van der Waals surface area contributed by atoms with Crippen molar-refractivity contribution in [3.05, 3.63) is 16.6 Å². The molecule has 0 saturated heterocycles. The van der Waals surface area contributed by atoms with Crippen LogP contribution in [-0.4, -0.2) is 31.7 Å². The van der Waals surface area contributed by atoms with Gasteiger partial charge in [0.2, 0.25) is 10.0 Å². The van der Waals surface area contributed by atoms with Gasteiger partial charge in [0.25, 0.3) is 0 Å². The maximum absolute atomic E-state index is 12.2. The Morgan fingerprint density at radius 2 is 2.17 bits per heavy atom. The average molecular weight is 291 g/mol. The summed E-state index contributed by atoms with van der Waals surface area (Å²) >= 11 is 1.45. The number of hydrogen-bond donors (Lipinski definition) is 2. The van der Waals surface area contributed by atoms with Crippen LogP contribution in [0.3, 0.4) is 0 Å². The van der Waals surface area contributed by atoms with Crippen molar-refractivity contribution in [3.63, 3.8) is 0 Å². The lowest BCUT2D eigenvalue weighted by atomic mass is 10.1. The molecule has 18 heavy (non-hydrogen) atoms. The topological polar surface area (TPSA) is 71.1 Å². The molecule has 7 heteroatoms. The van der Waals surface area contributed by atoms with Crippen LogP contribution in [0.2, 0.25) is 0 Å². The predicted octanol–water partition coefficient (Wildman–Crippen LogP) is 1.30. The quantitative estimate of drug-likeness (QED) is 0.794. The minimum absolute atomic E-state index is 0.444. The highest BCUT2D eigenvalue weighted by Gasteiger charge is 2.31. The molecular formula is C11H21N3O2S2. The van der Waals surface area contributed by atoms with Gasteiger partial charge in [0.1, 0.15) is 5.01 Å². The first-order valence-corrected chi connectivity index (χ1v) is 8.35. The van der Waals surface area contributed by atoms with Gasteiger partial charge in [-0.2, -0.15) is 0 Å². The van der Waals surface area contributed by atoms with Crippen LogP contribution in [0.25, 0.3) is 0 Å². The molecule has 104 valence electrons. The smallest absolute Gasteiger partial charge is 0.216 e. The van der Waals surface area contributed by atoms with Crippen LogP contribution in [0.5, 0.6) is 0 Å². The van der Waals surface area contributed by atoms with Gasteiger partial charge in [0.15, 0.2) is 0 Å². The molecule has 0 bridgehead atoms. The van der Waals surface area contributed by atoms with E-state index < -0.39 is 20.8 Å². The molecule has 0 aromatic carbocycles. The number of aromatic nitrogens is 1. The third-order valence-corrected chi connectivity index (χ3v) is 5.69. The van der Waals surface area contributed by atoms with Crippen molar-refractivity contribution in [1.29, 1.82) is 0 Å². The molecule has 2 N–H and O–H groups in total. The predicted molar refractivity (Wildman–Crippen MR) is 75.2 cm³/mol. The van der Waals surface area contributed by atoms with Crippen LogP contribution in [0, 0.1) is 0 Å². The van der Waals surface area contributed by atoms with E-state index in [4.69, 9.17) is 0 Å². The lowest BCUT2D eigenvalue weighted by Crippen LogP contribution is -2.47. The summed E-state index contributed by atoms with van der Waals surface area (Å²) in [5.74, 6) is 0. The molecule has 1 atom stereocenters. The molecule has 0 spiro atoms. The van der Waals surface area contributed by atoms with Gasteiger partial charge in [-0.25, -0.2) is 18.1 Å². The van der Waals surface area contributed by atoms with Gasteiger partial charge in [-0.3, -0.25) is 0 Å². The molecule has 0 aliphatic carbocycles. The first kappa shape index (κ1) is 15.6. The zero-order valence-electron chi connectivity index (χ0n) is 11.2. The third kappa shape index (κ3) is 4.01. The maximum atomic E-state index is 12.2. The molecule has 5 nitrogen and oxygen atoms in total. The van der Waals surface area contributed by atoms with Crippen LogP contribution < -0.4 is 10.0 Å². The van der Waals surface area contributed by atoms with Gasteiger partial charge in [-0.15, -0.1) is 11.3 Å². The van der Waals surface area contributed by atoms with E-state index in [1.165, 1.54) is 11.3 Å². The largest absolute Gasteiger partial charge is 0.316 e. The van der Waals surface area contributed by atoms with Crippen molar-refractivity contribution >= 4 is 21.4 Å². The molecule has 0 amide bonds. The van der Waals surface area contributed by atoms with Crippen molar-refractivity contribution in [3.8, 4) is 0 Å². The minimum Gasteiger partial charge on any atom is -0.316 e. The molecule has 1 aromatic rings. The highest BCUT2D eigenvalue weighted by atomic mass is 32.2. The fourth-order valence-corrected chi connectivity index (χ4v) is 3.62. The van der Waals surface area contributed by atoms with Gasteiger partial charge in [0.05, 0.1) is 10.8 Å². The van der Waals surface area contributed by atoms with Crippen molar-refractivity contribution < 1.29 is 8.42 Å². The van der Waals surface area contributed by atoms with Crippen molar-refractivity contribution in [2.75, 3.05) is 13.1 Å². The number of sulfonamides is 1. The summed E-state index contributed by atoms with van der Waals surface area (Å²) in [6.07, 6.45) is 1.68. The average Bonchev–Trinajstić information content (AvgIpc) is 2.78. The lowest BCUT2D eigenvalue weighted by molar-refractivity contribution is 0.463. The number of rotatable bonds is 7. The Balaban J connectivity index is 2.76. The van der Waals surface area contributed by atoms with Gasteiger partial charge in [-0.1, -0.05) is 6.92 Å². The Hall–Kier alpha value is -0.500. The first-order valence-electron chi connectivity index (χ1n) is 5.93. The van der Waals surface area contributed by atoms with Crippen LogP contribution in [0.1, 0.15) is 32.7 Å². The fraction of sp³-hybridized carbons (Fsp3) is 0.727. The van der Waals surface area contributed by atoms with Gasteiger partial charge >= 0.3 is 0 Å². The summed E-state index contributed by atoms with van der Waals surface area (Å²) < 4.78 is 27.1. The van der Waals surface area contributed by atoms with E-state index in [9.17, 15) is 8.42 Å². The second-order valence-electron chi connectivity index (χ2n) is 4.73. The molecule has 0 radical (unpaired) electrons. The van der Waals surface area contributed by atoms with E-state index in [0.29, 0.717) is 6.54 Å². The molecule has 1 unspecified atom stereocenters. The highest BCUT2D eigenvalue weighted by Crippen LogP contribution is 2.23. The first-order chi connectivity index (χ1) is 8.29. The standard InChI is InChI=1S/C11H21N3O2S2/c1-5-12-8-9(2)18(15,16)14-11(3,4)10-13-6-7-17-10/h6-7,9,12,14H,5,8H2,1-4H3. The molecule has 1 rings (SSSR count). The zero-order valence-corrected chi connectivity index (χ0v) is 12.9. The maximum Gasteiger partial charge on any atom is 0.216 e. The molecular weight excluding hydrogens is 270 g/mol.